The van der Waals surface area contributed by atoms with Crippen molar-refractivity contribution >= 4 is 0 Å². The summed E-state index contributed by atoms with van der Waals surface area (Å²) in [6, 6.07) is 0. The molecule has 0 aliphatic rings. The van der Waals surface area contributed by atoms with E-state index in [9.17, 15) is 0 Å². The van der Waals surface area contributed by atoms with Crippen molar-refractivity contribution in [3.63, 3.8) is 0 Å². The van der Waals surface area contributed by atoms with Crippen LogP contribution in [-0.2, 0) is 11.4 Å². The first-order valence-electron chi connectivity index (χ1n) is 4.37. The van der Waals surface area contributed by atoms with Crippen LogP contribution in [0.4, 0.5) is 0 Å². The third-order valence-electron chi connectivity index (χ3n) is 1.45. The molecule has 0 saturated heterocycles. The summed E-state index contributed by atoms with van der Waals surface area (Å²) in [5, 5.41) is 10.8. The number of ether oxygens (including phenoxy) is 1. The van der Waals surface area contributed by atoms with Crippen molar-refractivity contribution in [2.75, 3.05) is 6.73 Å². The van der Waals surface area contributed by atoms with E-state index in [1.165, 1.54) is 0 Å². The summed E-state index contributed by atoms with van der Waals surface area (Å²) in [7, 11) is 0. The molecule has 1 aromatic heterocycles. The monoisotopic (exact) mass is 184 g/mol. The van der Waals surface area contributed by atoms with Crippen LogP contribution in [0.25, 0.3) is 0 Å². The SMILES string of the molecule is Cc1cn(CNCOC(C)C)nn1. The van der Waals surface area contributed by atoms with Gasteiger partial charge in [0.15, 0.2) is 0 Å². The molecular weight excluding hydrogens is 168 g/mol. The van der Waals surface area contributed by atoms with E-state index in [2.05, 4.69) is 15.6 Å². The summed E-state index contributed by atoms with van der Waals surface area (Å²) >= 11 is 0. The minimum atomic E-state index is 0.255. The molecule has 0 radical (unpaired) electrons. The van der Waals surface area contributed by atoms with E-state index in [0.717, 1.165) is 5.69 Å². The summed E-state index contributed by atoms with van der Waals surface area (Å²) in [5.41, 5.74) is 0.923. The van der Waals surface area contributed by atoms with Gasteiger partial charge in [-0.3, -0.25) is 5.32 Å². The Balaban J connectivity index is 2.13. The summed E-state index contributed by atoms with van der Waals surface area (Å²) < 4.78 is 7.03. The first kappa shape index (κ1) is 10.1. The summed E-state index contributed by atoms with van der Waals surface area (Å²) in [6.45, 7) is 7.08. The van der Waals surface area contributed by atoms with Crippen LogP contribution in [0.5, 0.6) is 0 Å². The van der Waals surface area contributed by atoms with E-state index in [0.29, 0.717) is 13.4 Å². The molecule has 13 heavy (non-hydrogen) atoms. The number of nitrogens with zero attached hydrogens (tertiary/aromatic N) is 3. The van der Waals surface area contributed by atoms with Gasteiger partial charge in [-0.2, -0.15) is 0 Å². The largest absolute Gasteiger partial charge is 0.364 e. The number of aryl methyl sites for hydroxylation is 1. The summed E-state index contributed by atoms with van der Waals surface area (Å²) in [6.07, 6.45) is 2.13. The highest BCUT2D eigenvalue weighted by molar-refractivity contribution is 4.85. The Kier molecular flexibility index (Phi) is 3.85. The standard InChI is InChI=1S/C8H16N4O/c1-7(2)13-6-9-5-12-4-8(3)10-11-12/h4,7,9H,5-6H2,1-3H3. The lowest BCUT2D eigenvalue weighted by Crippen LogP contribution is -2.23. The van der Waals surface area contributed by atoms with Crippen molar-refractivity contribution < 1.29 is 4.74 Å². The number of rotatable bonds is 5. The van der Waals surface area contributed by atoms with Gasteiger partial charge in [-0.15, -0.1) is 5.10 Å². The van der Waals surface area contributed by atoms with Crippen LogP contribution in [0, 0.1) is 6.92 Å². The Morgan fingerprint density at radius 1 is 1.62 bits per heavy atom. The normalized spacial score (nSPS) is 11.1. The zero-order chi connectivity index (χ0) is 9.68. The average molecular weight is 184 g/mol. The van der Waals surface area contributed by atoms with Gasteiger partial charge in [0.25, 0.3) is 0 Å². The predicted octanol–water partition coefficient (Wildman–Crippen LogP) is 0.516. The fourth-order valence-corrected chi connectivity index (χ4v) is 0.858. The maximum atomic E-state index is 5.30. The van der Waals surface area contributed by atoms with E-state index in [4.69, 9.17) is 4.74 Å². The molecule has 0 amide bonds. The van der Waals surface area contributed by atoms with Crippen molar-refractivity contribution in [2.24, 2.45) is 0 Å². The molecule has 1 rings (SSSR count). The lowest BCUT2D eigenvalue weighted by molar-refractivity contribution is 0.0594. The molecule has 0 bridgehead atoms. The van der Waals surface area contributed by atoms with Gasteiger partial charge >= 0.3 is 0 Å². The fourth-order valence-electron chi connectivity index (χ4n) is 0.858. The minimum absolute atomic E-state index is 0.255. The molecule has 0 aliphatic heterocycles. The average Bonchev–Trinajstić information content (AvgIpc) is 2.45. The van der Waals surface area contributed by atoms with Crippen molar-refractivity contribution in [1.82, 2.24) is 20.3 Å². The van der Waals surface area contributed by atoms with E-state index in [1.54, 1.807) is 4.68 Å². The van der Waals surface area contributed by atoms with Crippen LogP contribution < -0.4 is 5.32 Å². The highest BCUT2D eigenvalue weighted by Crippen LogP contribution is 1.88. The van der Waals surface area contributed by atoms with E-state index >= 15 is 0 Å². The van der Waals surface area contributed by atoms with Gasteiger partial charge in [0, 0.05) is 6.20 Å². The third kappa shape index (κ3) is 4.00. The first-order valence-corrected chi connectivity index (χ1v) is 4.37. The number of nitrogens with one attached hydrogen (secondary N) is 1. The van der Waals surface area contributed by atoms with E-state index in [1.807, 2.05) is 27.0 Å². The molecule has 5 heteroatoms. The molecule has 0 aliphatic carbocycles. The number of hydrogen-bond donors (Lipinski definition) is 1. The van der Waals surface area contributed by atoms with Crippen molar-refractivity contribution in [2.45, 2.75) is 33.5 Å². The summed E-state index contributed by atoms with van der Waals surface area (Å²) in [5.74, 6) is 0. The Bertz CT molecular complexity index is 246. The molecule has 0 saturated carbocycles. The second-order valence-corrected chi connectivity index (χ2v) is 3.17. The quantitative estimate of drug-likeness (QED) is 0.535. The van der Waals surface area contributed by atoms with Crippen LogP contribution in [0.15, 0.2) is 6.20 Å². The molecule has 0 aromatic carbocycles. The smallest absolute Gasteiger partial charge is 0.0982 e. The van der Waals surface area contributed by atoms with E-state index < -0.39 is 0 Å². The summed E-state index contributed by atoms with van der Waals surface area (Å²) in [4.78, 5) is 0. The molecule has 1 N–H and O–H groups in total. The first-order chi connectivity index (χ1) is 6.18. The van der Waals surface area contributed by atoms with Gasteiger partial charge in [0.05, 0.1) is 25.2 Å². The van der Waals surface area contributed by atoms with Crippen molar-refractivity contribution in [3.05, 3.63) is 11.9 Å². The van der Waals surface area contributed by atoms with Gasteiger partial charge in [-0.05, 0) is 20.8 Å². The van der Waals surface area contributed by atoms with Crippen LogP contribution in [0.3, 0.4) is 0 Å². The molecule has 0 fully saturated rings. The van der Waals surface area contributed by atoms with Gasteiger partial charge in [-0.25, -0.2) is 4.68 Å². The minimum Gasteiger partial charge on any atom is -0.364 e. The maximum Gasteiger partial charge on any atom is 0.0982 e. The van der Waals surface area contributed by atoms with Crippen molar-refractivity contribution in [3.8, 4) is 0 Å². The molecule has 0 atom stereocenters. The second kappa shape index (κ2) is 4.94. The second-order valence-electron chi connectivity index (χ2n) is 3.17. The van der Waals surface area contributed by atoms with Crippen molar-refractivity contribution in [1.29, 1.82) is 0 Å². The highest BCUT2D eigenvalue weighted by Gasteiger charge is 1.95. The molecular formula is C8H16N4O. The predicted molar refractivity (Wildman–Crippen MR) is 49.0 cm³/mol. The van der Waals surface area contributed by atoms with Gasteiger partial charge in [-0.1, -0.05) is 5.21 Å². The Morgan fingerprint density at radius 3 is 2.92 bits per heavy atom. The van der Waals surface area contributed by atoms with Crippen LogP contribution in [-0.4, -0.2) is 27.8 Å². The van der Waals surface area contributed by atoms with Crippen LogP contribution >= 0.6 is 0 Å². The zero-order valence-corrected chi connectivity index (χ0v) is 8.32. The zero-order valence-electron chi connectivity index (χ0n) is 8.32. The number of hydrogen-bond acceptors (Lipinski definition) is 4. The lowest BCUT2D eigenvalue weighted by atomic mass is 10.5. The molecule has 0 unspecified atom stereocenters. The molecule has 74 valence electrons. The van der Waals surface area contributed by atoms with E-state index in [-0.39, 0.29) is 6.10 Å². The molecule has 5 nitrogen and oxygen atoms in total. The molecule has 0 spiro atoms. The number of aromatic nitrogens is 3. The van der Waals surface area contributed by atoms with Gasteiger partial charge in [0.1, 0.15) is 0 Å². The Labute approximate surface area is 78.1 Å². The molecule has 1 aromatic rings. The van der Waals surface area contributed by atoms with Gasteiger partial charge < -0.3 is 4.74 Å². The Hall–Kier alpha value is -0.940. The molecule has 1 heterocycles. The van der Waals surface area contributed by atoms with Gasteiger partial charge in [0.2, 0.25) is 0 Å². The van der Waals surface area contributed by atoms with Crippen LogP contribution in [0.2, 0.25) is 0 Å². The lowest BCUT2D eigenvalue weighted by Gasteiger charge is -2.08. The highest BCUT2D eigenvalue weighted by atomic mass is 16.5. The maximum absolute atomic E-state index is 5.30. The topological polar surface area (TPSA) is 52.0 Å². The third-order valence-corrected chi connectivity index (χ3v) is 1.45. The Morgan fingerprint density at radius 2 is 2.38 bits per heavy atom. The van der Waals surface area contributed by atoms with Crippen LogP contribution in [0.1, 0.15) is 19.5 Å². The fraction of sp³-hybridized carbons (Fsp3) is 0.750.